The van der Waals surface area contributed by atoms with E-state index in [4.69, 9.17) is 5.73 Å². The first kappa shape index (κ1) is 10.7. The lowest BCUT2D eigenvalue weighted by atomic mass is 9.99. The van der Waals surface area contributed by atoms with Gasteiger partial charge in [0.2, 0.25) is 0 Å². The Kier molecular flexibility index (Phi) is 2.35. The van der Waals surface area contributed by atoms with Gasteiger partial charge in [-0.3, -0.25) is 0 Å². The predicted octanol–water partition coefficient (Wildman–Crippen LogP) is 3.64. The smallest absolute Gasteiger partial charge is 0.114 e. The van der Waals surface area contributed by atoms with Gasteiger partial charge in [-0.2, -0.15) is 0 Å². The lowest BCUT2D eigenvalue weighted by molar-refractivity contribution is 0.426. The quantitative estimate of drug-likeness (QED) is 0.919. The minimum Gasteiger partial charge on any atom is -0.319 e. The zero-order valence-electron chi connectivity index (χ0n) is 9.03. The predicted molar refractivity (Wildman–Crippen MR) is 71.6 cm³/mol. The summed E-state index contributed by atoms with van der Waals surface area (Å²) in [7, 11) is 0. The van der Waals surface area contributed by atoms with Crippen molar-refractivity contribution in [1.82, 2.24) is 4.98 Å². The third kappa shape index (κ3) is 1.69. The average molecular weight is 297 g/mol. The Morgan fingerprint density at radius 3 is 2.94 bits per heavy atom. The molecule has 1 aromatic carbocycles. The summed E-state index contributed by atoms with van der Waals surface area (Å²) in [6.45, 7) is 2.11. The van der Waals surface area contributed by atoms with Gasteiger partial charge in [0.15, 0.2) is 0 Å². The van der Waals surface area contributed by atoms with Gasteiger partial charge in [0.1, 0.15) is 5.01 Å². The normalized spacial score (nSPS) is 19.9. The molecule has 1 aliphatic rings. The molecule has 0 bridgehead atoms. The number of hydrogen-bond donors (Lipinski definition) is 1. The molecular weight excluding hydrogens is 284 g/mol. The number of fused-ring (bicyclic) bond motifs is 1. The van der Waals surface area contributed by atoms with Crippen LogP contribution in [-0.4, -0.2) is 4.98 Å². The molecule has 1 aliphatic carbocycles. The number of aromatic nitrogens is 1. The van der Waals surface area contributed by atoms with Gasteiger partial charge in [-0.15, -0.1) is 11.3 Å². The van der Waals surface area contributed by atoms with E-state index < -0.39 is 0 Å². The standard InChI is InChI=1S/C12H13BrN2S/c1-12(14,7-2-3-7)11-15-9-5-4-8(13)6-10(9)16-11/h4-7H,2-3,14H2,1H3. The molecule has 4 heteroatoms. The van der Waals surface area contributed by atoms with Gasteiger partial charge in [-0.05, 0) is 43.9 Å². The molecule has 0 spiro atoms. The fourth-order valence-corrected chi connectivity index (χ4v) is 3.64. The first-order valence-corrected chi connectivity index (χ1v) is 7.04. The molecule has 1 fully saturated rings. The Labute approximate surface area is 107 Å². The molecule has 1 heterocycles. The van der Waals surface area contributed by atoms with Crippen molar-refractivity contribution in [2.45, 2.75) is 25.3 Å². The second-order valence-corrected chi connectivity index (χ2v) is 6.63. The summed E-state index contributed by atoms with van der Waals surface area (Å²) in [4.78, 5) is 4.66. The Balaban J connectivity index is 2.11. The molecule has 0 radical (unpaired) electrons. The van der Waals surface area contributed by atoms with E-state index in [0.29, 0.717) is 5.92 Å². The number of benzene rings is 1. The van der Waals surface area contributed by atoms with E-state index in [2.05, 4.69) is 33.9 Å². The lowest BCUT2D eigenvalue weighted by Gasteiger charge is -2.20. The van der Waals surface area contributed by atoms with Crippen molar-refractivity contribution in [2.24, 2.45) is 11.7 Å². The van der Waals surface area contributed by atoms with Gasteiger partial charge in [0.25, 0.3) is 0 Å². The second-order valence-electron chi connectivity index (χ2n) is 4.69. The van der Waals surface area contributed by atoms with Crippen LogP contribution in [0.15, 0.2) is 22.7 Å². The summed E-state index contributed by atoms with van der Waals surface area (Å²) in [5.74, 6) is 0.622. The summed E-state index contributed by atoms with van der Waals surface area (Å²) >= 11 is 5.20. The Morgan fingerprint density at radius 1 is 1.50 bits per heavy atom. The van der Waals surface area contributed by atoms with Crippen LogP contribution in [0.5, 0.6) is 0 Å². The maximum atomic E-state index is 6.38. The molecule has 2 N–H and O–H groups in total. The molecular formula is C12H13BrN2S. The van der Waals surface area contributed by atoms with Gasteiger partial charge >= 0.3 is 0 Å². The Bertz CT molecular complexity index is 543. The van der Waals surface area contributed by atoms with E-state index in [1.807, 2.05) is 12.1 Å². The molecule has 1 saturated carbocycles. The van der Waals surface area contributed by atoms with Gasteiger partial charge in [0, 0.05) is 4.47 Å². The highest BCUT2D eigenvalue weighted by Gasteiger charge is 2.41. The van der Waals surface area contributed by atoms with E-state index in [-0.39, 0.29) is 5.54 Å². The van der Waals surface area contributed by atoms with Crippen molar-refractivity contribution in [3.05, 3.63) is 27.7 Å². The van der Waals surface area contributed by atoms with Gasteiger partial charge in [-0.25, -0.2) is 4.98 Å². The number of hydrogen-bond acceptors (Lipinski definition) is 3. The molecule has 0 saturated heterocycles. The zero-order valence-corrected chi connectivity index (χ0v) is 11.4. The zero-order chi connectivity index (χ0) is 11.3. The van der Waals surface area contributed by atoms with Crippen LogP contribution >= 0.6 is 27.3 Å². The molecule has 1 unspecified atom stereocenters. The van der Waals surface area contributed by atoms with E-state index in [1.54, 1.807) is 11.3 Å². The van der Waals surface area contributed by atoms with Crippen LogP contribution in [0.1, 0.15) is 24.8 Å². The molecule has 2 nitrogen and oxygen atoms in total. The van der Waals surface area contributed by atoms with Gasteiger partial charge < -0.3 is 5.73 Å². The molecule has 0 amide bonds. The van der Waals surface area contributed by atoms with Crippen molar-refractivity contribution >= 4 is 37.5 Å². The SMILES string of the molecule is CC(N)(c1nc2ccc(Br)cc2s1)C1CC1. The van der Waals surface area contributed by atoms with Gasteiger partial charge in [-0.1, -0.05) is 15.9 Å². The van der Waals surface area contributed by atoms with E-state index in [9.17, 15) is 0 Å². The van der Waals surface area contributed by atoms with Crippen LogP contribution in [-0.2, 0) is 5.54 Å². The van der Waals surface area contributed by atoms with Crippen LogP contribution in [0.3, 0.4) is 0 Å². The summed E-state index contributed by atoms with van der Waals surface area (Å²) in [5, 5.41) is 1.07. The van der Waals surface area contributed by atoms with Crippen molar-refractivity contribution in [2.75, 3.05) is 0 Å². The summed E-state index contributed by atoms with van der Waals surface area (Å²) in [6.07, 6.45) is 2.49. The molecule has 0 aliphatic heterocycles. The largest absolute Gasteiger partial charge is 0.319 e. The van der Waals surface area contributed by atoms with Crippen LogP contribution < -0.4 is 5.73 Å². The third-order valence-electron chi connectivity index (χ3n) is 3.24. The molecule has 84 valence electrons. The molecule has 16 heavy (non-hydrogen) atoms. The van der Waals surface area contributed by atoms with Crippen molar-refractivity contribution in [3.63, 3.8) is 0 Å². The fraction of sp³-hybridized carbons (Fsp3) is 0.417. The number of nitrogens with two attached hydrogens (primary N) is 1. The Hall–Kier alpha value is -0.450. The number of halogens is 1. The fourth-order valence-electron chi connectivity index (χ4n) is 1.99. The first-order chi connectivity index (χ1) is 7.57. The molecule has 1 atom stereocenters. The third-order valence-corrected chi connectivity index (χ3v) is 5.00. The van der Waals surface area contributed by atoms with Crippen LogP contribution in [0.2, 0.25) is 0 Å². The maximum Gasteiger partial charge on any atom is 0.114 e. The average Bonchev–Trinajstić information content (AvgIpc) is 2.99. The van der Waals surface area contributed by atoms with Crippen molar-refractivity contribution in [1.29, 1.82) is 0 Å². The minimum absolute atomic E-state index is 0.240. The maximum absolute atomic E-state index is 6.38. The summed E-state index contributed by atoms with van der Waals surface area (Å²) in [6, 6.07) is 6.18. The Morgan fingerprint density at radius 2 is 2.25 bits per heavy atom. The van der Waals surface area contributed by atoms with Crippen LogP contribution in [0, 0.1) is 5.92 Å². The molecule has 2 aromatic rings. The number of nitrogens with zero attached hydrogens (tertiary/aromatic N) is 1. The molecule has 3 rings (SSSR count). The van der Waals surface area contributed by atoms with Crippen LogP contribution in [0.25, 0.3) is 10.2 Å². The van der Waals surface area contributed by atoms with E-state index in [1.165, 1.54) is 17.5 Å². The van der Waals surface area contributed by atoms with E-state index >= 15 is 0 Å². The number of rotatable bonds is 2. The van der Waals surface area contributed by atoms with Crippen LogP contribution in [0.4, 0.5) is 0 Å². The lowest BCUT2D eigenvalue weighted by Crippen LogP contribution is -2.35. The van der Waals surface area contributed by atoms with Gasteiger partial charge in [0.05, 0.1) is 15.8 Å². The van der Waals surface area contributed by atoms with Crippen molar-refractivity contribution < 1.29 is 0 Å². The van der Waals surface area contributed by atoms with E-state index in [0.717, 1.165) is 15.0 Å². The second kappa shape index (κ2) is 3.52. The summed E-state index contributed by atoms with van der Waals surface area (Å²) < 4.78 is 2.31. The topological polar surface area (TPSA) is 38.9 Å². The monoisotopic (exact) mass is 296 g/mol. The highest BCUT2D eigenvalue weighted by Crippen LogP contribution is 2.45. The summed E-state index contributed by atoms with van der Waals surface area (Å²) in [5.41, 5.74) is 7.20. The first-order valence-electron chi connectivity index (χ1n) is 5.43. The highest BCUT2D eigenvalue weighted by atomic mass is 79.9. The highest BCUT2D eigenvalue weighted by molar-refractivity contribution is 9.10. The minimum atomic E-state index is -0.240. The van der Waals surface area contributed by atoms with Crippen molar-refractivity contribution in [3.8, 4) is 0 Å². The molecule has 1 aromatic heterocycles. The number of thiazole rings is 1.